The van der Waals surface area contributed by atoms with Gasteiger partial charge < -0.3 is 10.5 Å². The lowest BCUT2D eigenvalue weighted by molar-refractivity contribution is -0.143. The Balaban J connectivity index is 2.10. The number of benzene rings is 1. The molecule has 1 aromatic rings. The average Bonchev–Trinajstić information content (AvgIpc) is 2.38. The summed E-state index contributed by atoms with van der Waals surface area (Å²) in [6.07, 6.45) is 3.65. The summed E-state index contributed by atoms with van der Waals surface area (Å²) < 4.78 is 4.89. The number of hydrogen-bond donors (Lipinski definition) is 1. The van der Waals surface area contributed by atoms with E-state index in [4.69, 9.17) is 10.5 Å². The summed E-state index contributed by atoms with van der Waals surface area (Å²) >= 11 is 1.84. The molecule has 4 heteroatoms. The maximum absolute atomic E-state index is 11.1. The first-order valence-corrected chi connectivity index (χ1v) is 7.76. The summed E-state index contributed by atoms with van der Waals surface area (Å²) in [4.78, 5) is 12.4. The molecule has 3 nitrogen and oxygen atoms in total. The number of rotatable bonds is 8. The van der Waals surface area contributed by atoms with Crippen molar-refractivity contribution in [2.24, 2.45) is 0 Å². The second-order valence-corrected chi connectivity index (χ2v) is 5.65. The first-order valence-electron chi connectivity index (χ1n) is 6.78. The molecular weight excluding hydrogens is 258 g/mol. The molecule has 0 aliphatic carbocycles. The topological polar surface area (TPSA) is 52.3 Å². The molecule has 0 aliphatic heterocycles. The van der Waals surface area contributed by atoms with Gasteiger partial charge in [-0.05, 0) is 56.2 Å². The molecule has 0 saturated heterocycles. The first-order chi connectivity index (χ1) is 9.13. The lowest BCUT2D eigenvalue weighted by Gasteiger charge is -2.05. The van der Waals surface area contributed by atoms with Crippen LogP contribution >= 0.6 is 11.8 Å². The number of anilines is 1. The van der Waals surface area contributed by atoms with E-state index < -0.39 is 0 Å². The molecule has 0 fully saturated rings. The van der Waals surface area contributed by atoms with Crippen LogP contribution in [0, 0.1) is 6.92 Å². The van der Waals surface area contributed by atoms with E-state index in [0.29, 0.717) is 13.0 Å². The molecule has 0 aromatic heterocycles. The molecule has 0 amide bonds. The fourth-order valence-electron chi connectivity index (χ4n) is 1.71. The molecule has 0 spiro atoms. The van der Waals surface area contributed by atoms with Crippen LogP contribution in [0.2, 0.25) is 0 Å². The van der Waals surface area contributed by atoms with E-state index in [9.17, 15) is 4.79 Å². The molecule has 0 aliphatic rings. The Morgan fingerprint density at radius 2 is 2.11 bits per heavy atom. The smallest absolute Gasteiger partial charge is 0.305 e. The highest BCUT2D eigenvalue weighted by molar-refractivity contribution is 7.99. The minimum absolute atomic E-state index is 0.0793. The fraction of sp³-hybridized carbons (Fsp3) is 0.533. The summed E-state index contributed by atoms with van der Waals surface area (Å²) in [5.41, 5.74) is 7.76. The van der Waals surface area contributed by atoms with Crippen molar-refractivity contribution in [3.63, 3.8) is 0 Å². The molecule has 0 unspecified atom stereocenters. The Labute approximate surface area is 119 Å². The molecule has 0 bridgehead atoms. The predicted octanol–water partition coefficient (Wildman–Crippen LogP) is 3.79. The number of nitrogens with two attached hydrogens (primary N) is 1. The van der Waals surface area contributed by atoms with Gasteiger partial charge in [-0.25, -0.2) is 0 Å². The van der Waals surface area contributed by atoms with Gasteiger partial charge in [0.1, 0.15) is 0 Å². The summed E-state index contributed by atoms with van der Waals surface area (Å²) in [6.45, 7) is 4.34. The molecule has 1 aromatic carbocycles. The molecule has 19 heavy (non-hydrogen) atoms. The summed E-state index contributed by atoms with van der Waals surface area (Å²) in [5.74, 6) is 0.996. The van der Waals surface area contributed by atoms with Gasteiger partial charge in [0, 0.05) is 17.0 Å². The van der Waals surface area contributed by atoms with E-state index in [1.165, 1.54) is 4.90 Å². The van der Waals surface area contributed by atoms with Crippen molar-refractivity contribution in [2.75, 3.05) is 18.1 Å². The number of carbonyl (C=O) groups is 1. The number of nitrogen functional groups attached to an aromatic ring is 1. The number of esters is 1. The Morgan fingerprint density at radius 3 is 2.79 bits per heavy atom. The largest absolute Gasteiger partial charge is 0.466 e. The van der Waals surface area contributed by atoms with E-state index in [2.05, 4.69) is 12.1 Å². The Morgan fingerprint density at radius 1 is 1.32 bits per heavy atom. The Hall–Kier alpha value is -1.16. The minimum atomic E-state index is -0.0793. The maximum atomic E-state index is 11.1. The average molecular weight is 281 g/mol. The van der Waals surface area contributed by atoms with Crippen LogP contribution in [0.4, 0.5) is 5.69 Å². The number of ether oxygens (including phenoxy) is 1. The highest BCUT2D eigenvalue weighted by Crippen LogP contribution is 2.23. The fourth-order valence-corrected chi connectivity index (χ4v) is 2.72. The number of aryl methyl sites for hydroxylation is 1. The second-order valence-electron chi connectivity index (χ2n) is 4.48. The third-order valence-electron chi connectivity index (χ3n) is 2.84. The van der Waals surface area contributed by atoms with Crippen molar-refractivity contribution in [1.29, 1.82) is 0 Å². The zero-order valence-corrected chi connectivity index (χ0v) is 12.6. The van der Waals surface area contributed by atoms with Crippen LogP contribution in [0.3, 0.4) is 0 Å². The van der Waals surface area contributed by atoms with Crippen LogP contribution in [-0.4, -0.2) is 18.3 Å². The highest BCUT2D eigenvalue weighted by atomic mass is 32.2. The number of unbranched alkanes of at least 4 members (excludes halogenated alkanes) is 2. The van der Waals surface area contributed by atoms with Gasteiger partial charge in [-0.1, -0.05) is 6.42 Å². The number of carbonyl (C=O) groups excluding carboxylic acids is 1. The number of hydrogen-bond acceptors (Lipinski definition) is 4. The zero-order valence-electron chi connectivity index (χ0n) is 11.8. The minimum Gasteiger partial charge on any atom is -0.466 e. The van der Waals surface area contributed by atoms with Gasteiger partial charge >= 0.3 is 5.97 Å². The van der Waals surface area contributed by atoms with Crippen molar-refractivity contribution in [1.82, 2.24) is 0 Å². The van der Waals surface area contributed by atoms with Crippen molar-refractivity contribution < 1.29 is 9.53 Å². The molecule has 0 atom stereocenters. The third kappa shape index (κ3) is 6.53. The number of thioether (sulfide) groups is 1. The Bertz CT molecular complexity index is 407. The molecule has 106 valence electrons. The van der Waals surface area contributed by atoms with Crippen molar-refractivity contribution in [3.8, 4) is 0 Å². The van der Waals surface area contributed by atoms with E-state index in [1.807, 2.05) is 31.7 Å². The van der Waals surface area contributed by atoms with Crippen LogP contribution in [0.15, 0.2) is 23.1 Å². The van der Waals surface area contributed by atoms with Crippen molar-refractivity contribution >= 4 is 23.4 Å². The molecule has 2 N–H and O–H groups in total. The molecule has 0 heterocycles. The SMILES string of the molecule is CCOC(=O)CCCCCSc1ccc(N)c(C)c1. The molecule has 1 rings (SSSR count). The lowest BCUT2D eigenvalue weighted by atomic mass is 10.2. The van der Waals surface area contributed by atoms with Gasteiger partial charge in [0.25, 0.3) is 0 Å². The van der Waals surface area contributed by atoms with Crippen LogP contribution in [0.1, 0.15) is 38.2 Å². The normalized spacial score (nSPS) is 10.4. The first kappa shape index (κ1) is 15.9. The van der Waals surface area contributed by atoms with Crippen molar-refractivity contribution in [2.45, 2.75) is 44.4 Å². The highest BCUT2D eigenvalue weighted by Gasteiger charge is 2.01. The Kier molecular flexibility index (Phi) is 7.41. The standard InChI is InChI=1S/C15H23NO2S/c1-3-18-15(17)7-5-4-6-10-19-13-8-9-14(16)12(2)11-13/h8-9,11H,3-7,10,16H2,1-2H3. The van der Waals surface area contributed by atoms with Gasteiger partial charge in [-0.2, -0.15) is 0 Å². The van der Waals surface area contributed by atoms with Gasteiger partial charge in [0.05, 0.1) is 6.61 Å². The van der Waals surface area contributed by atoms with Crippen LogP contribution in [0.25, 0.3) is 0 Å². The van der Waals surface area contributed by atoms with Gasteiger partial charge in [-0.3, -0.25) is 4.79 Å². The summed E-state index contributed by atoms with van der Waals surface area (Å²) in [6, 6.07) is 6.14. The second kappa shape index (κ2) is 8.86. The van der Waals surface area contributed by atoms with E-state index >= 15 is 0 Å². The lowest BCUT2D eigenvalue weighted by Crippen LogP contribution is -2.03. The molecule has 0 radical (unpaired) electrons. The maximum Gasteiger partial charge on any atom is 0.305 e. The van der Waals surface area contributed by atoms with Gasteiger partial charge in [-0.15, -0.1) is 11.8 Å². The zero-order chi connectivity index (χ0) is 14.1. The summed E-state index contributed by atoms with van der Waals surface area (Å²) in [7, 11) is 0. The van der Waals surface area contributed by atoms with E-state index in [-0.39, 0.29) is 5.97 Å². The van der Waals surface area contributed by atoms with Gasteiger partial charge in [0.2, 0.25) is 0 Å². The van der Waals surface area contributed by atoms with Gasteiger partial charge in [0.15, 0.2) is 0 Å². The van der Waals surface area contributed by atoms with Crippen LogP contribution in [0.5, 0.6) is 0 Å². The third-order valence-corrected chi connectivity index (χ3v) is 3.92. The van der Waals surface area contributed by atoms with E-state index in [0.717, 1.165) is 36.3 Å². The van der Waals surface area contributed by atoms with E-state index in [1.54, 1.807) is 0 Å². The quantitative estimate of drug-likeness (QED) is 0.341. The molecule has 0 saturated carbocycles. The molecular formula is C15H23NO2S. The summed E-state index contributed by atoms with van der Waals surface area (Å²) in [5, 5.41) is 0. The predicted molar refractivity (Wildman–Crippen MR) is 81.4 cm³/mol. The van der Waals surface area contributed by atoms with Crippen LogP contribution < -0.4 is 5.73 Å². The van der Waals surface area contributed by atoms with Crippen LogP contribution in [-0.2, 0) is 9.53 Å². The monoisotopic (exact) mass is 281 g/mol. The van der Waals surface area contributed by atoms with Crippen molar-refractivity contribution in [3.05, 3.63) is 23.8 Å².